The van der Waals surface area contributed by atoms with Crippen LogP contribution >= 0.6 is 0 Å². The van der Waals surface area contributed by atoms with Crippen LogP contribution in [0, 0.1) is 27.1 Å². The van der Waals surface area contributed by atoms with E-state index in [1.54, 1.807) is 0 Å². The molecule has 186 valence electrons. The maximum absolute atomic E-state index is 6.18. The lowest BCUT2D eigenvalue weighted by atomic mass is 10.1. The van der Waals surface area contributed by atoms with Crippen molar-refractivity contribution in [3.63, 3.8) is 0 Å². The predicted molar refractivity (Wildman–Crippen MR) is 146 cm³/mol. The fourth-order valence-electron chi connectivity index (χ4n) is 4.68. The van der Waals surface area contributed by atoms with Crippen molar-refractivity contribution in [2.24, 2.45) is 0 Å². The summed E-state index contributed by atoms with van der Waals surface area (Å²) in [5.41, 5.74) is 8.27. The minimum absolute atomic E-state index is 0.504. The number of aromatic nitrogens is 2. The summed E-state index contributed by atoms with van der Waals surface area (Å²) in [5.74, 6) is 1.57. The van der Waals surface area contributed by atoms with Gasteiger partial charge in [0.25, 0.3) is 0 Å². The molecule has 0 spiro atoms. The van der Waals surface area contributed by atoms with Crippen LogP contribution in [0.25, 0.3) is 5.69 Å². The molecule has 1 heterocycles. The second-order valence-corrected chi connectivity index (χ2v) is 9.50. The first-order valence-corrected chi connectivity index (χ1v) is 12.6. The van der Waals surface area contributed by atoms with Crippen molar-refractivity contribution in [3.05, 3.63) is 143 Å². The zero-order chi connectivity index (χ0) is 25.6. The molecule has 0 atom stereocenters. The Morgan fingerprint density at radius 1 is 0.676 bits per heavy atom. The third-order valence-corrected chi connectivity index (χ3v) is 6.30. The third kappa shape index (κ3) is 6.28. The van der Waals surface area contributed by atoms with Crippen LogP contribution in [0.1, 0.15) is 33.4 Å². The number of nitrogens with zero attached hydrogens (tertiary/aromatic N) is 2. The highest BCUT2D eigenvalue weighted by Crippen LogP contribution is 2.26. The van der Waals surface area contributed by atoms with E-state index < -0.39 is 0 Å². The lowest BCUT2D eigenvalue weighted by molar-refractivity contribution is -0.600. The van der Waals surface area contributed by atoms with Crippen LogP contribution in [0.4, 0.5) is 0 Å². The number of imidazole rings is 1. The van der Waals surface area contributed by atoms with Gasteiger partial charge in [-0.25, -0.2) is 0 Å². The molecule has 0 bridgehead atoms. The highest BCUT2D eigenvalue weighted by molar-refractivity contribution is 5.43. The second kappa shape index (κ2) is 11.2. The van der Waals surface area contributed by atoms with Crippen molar-refractivity contribution in [1.29, 1.82) is 0 Å². The van der Waals surface area contributed by atoms with E-state index in [9.17, 15) is 0 Å². The molecule has 0 amide bonds. The van der Waals surface area contributed by atoms with Crippen molar-refractivity contribution in [2.75, 3.05) is 0 Å². The van der Waals surface area contributed by atoms with Gasteiger partial charge in [0.1, 0.15) is 24.7 Å². The third-order valence-electron chi connectivity index (χ3n) is 6.30. The maximum atomic E-state index is 6.18. The van der Waals surface area contributed by atoms with E-state index in [2.05, 4.69) is 97.2 Å². The molecule has 0 fully saturated rings. The predicted octanol–water partition coefficient (Wildman–Crippen LogP) is 6.70. The molecular formula is C33H32N2O2. The number of aryl methyl sites for hydroxylation is 3. The van der Waals surface area contributed by atoms with Gasteiger partial charge in [-0.05, 0) is 60.7 Å². The van der Waals surface area contributed by atoms with Gasteiger partial charge in [0.15, 0.2) is 0 Å². The Hall–Kier alpha value is -4.31. The summed E-state index contributed by atoms with van der Waals surface area (Å²) in [6.45, 7) is 8.09. The Morgan fingerprint density at radius 3 is 1.76 bits per heavy atom. The Morgan fingerprint density at radius 2 is 1.22 bits per heavy atom. The van der Waals surface area contributed by atoms with Crippen LogP contribution in [-0.4, -0.2) is 4.57 Å². The van der Waals surface area contributed by atoms with E-state index in [4.69, 9.17) is 9.47 Å². The molecule has 0 unspecified atom stereocenters. The minimum atomic E-state index is 0.504. The molecule has 0 saturated carbocycles. The Balaban J connectivity index is 1.38. The smallest absolute Gasteiger partial charge is 0.243 e. The first-order valence-electron chi connectivity index (χ1n) is 12.6. The lowest BCUT2D eigenvalue weighted by Gasteiger charge is -2.13. The number of hydrogen-bond acceptors (Lipinski definition) is 2. The monoisotopic (exact) mass is 488 g/mol. The van der Waals surface area contributed by atoms with Gasteiger partial charge in [-0.15, -0.1) is 0 Å². The summed E-state index contributed by atoms with van der Waals surface area (Å²) in [5, 5.41) is 0. The summed E-state index contributed by atoms with van der Waals surface area (Å²) >= 11 is 0. The lowest BCUT2D eigenvalue weighted by Crippen LogP contribution is -2.31. The highest BCUT2D eigenvalue weighted by Gasteiger charge is 2.10. The molecule has 5 aromatic rings. The molecule has 0 radical (unpaired) electrons. The number of rotatable bonds is 9. The molecule has 1 aromatic heterocycles. The average Bonchev–Trinajstić information content (AvgIpc) is 3.34. The molecule has 0 aliphatic carbocycles. The van der Waals surface area contributed by atoms with E-state index in [0.717, 1.165) is 28.2 Å². The van der Waals surface area contributed by atoms with E-state index in [1.165, 1.54) is 22.4 Å². The number of ether oxygens (including phenoxy) is 2. The molecule has 4 heteroatoms. The molecule has 4 aromatic carbocycles. The summed E-state index contributed by atoms with van der Waals surface area (Å²) in [4.78, 5) is 0. The number of benzene rings is 4. The van der Waals surface area contributed by atoms with Crippen LogP contribution in [0.5, 0.6) is 11.5 Å². The van der Waals surface area contributed by atoms with Gasteiger partial charge in [-0.3, -0.25) is 0 Å². The zero-order valence-corrected chi connectivity index (χ0v) is 21.6. The van der Waals surface area contributed by atoms with Crippen molar-refractivity contribution >= 4 is 0 Å². The van der Waals surface area contributed by atoms with Crippen LogP contribution in [0.2, 0.25) is 0 Å². The molecular weight excluding hydrogens is 456 g/mol. The topological polar surface area (TPSA) is 27.3 Å². The summed E-state index contributed by atoms with van der Waals surface area (Å²) in [6.07, 6.45) is 7.60. The normalized spacial score (nSPS) is 10.9. The van der Waals surface area contributed by atoms with Gasteiger partial charge >= 0.3 is 0 Å². The van der Waals surface area contributed by atoms with E-state index in [1.807, 2.05) is 42.5 Å². The van der Waals surface area contributed by atoms with Gasteiger partial charge < -0.3 is 18.6 Å². The first-order chi connectivity index (χ1) is 18.0. The van der Waals surface area contributed by atoms with Crippen LogP contribution in [0.15, 0.2) is 103 Å². The van der Waals surface area contributed by atoms with Crippen LogP contribution in [0.3, 0.4) is 0 Å². The number of hydrogen-bond donors (Lipinski definition) is 0. The maximum Gasteiger partial charge on any atom is 0.243 e. The SMILES string of the molecule is Cc1cc(C)c(-[n+]2[c-]n(Cc3cc(OCc4ccccc4)cc(OCc4ccccc4)c3)cc2)c(C)c1. The van der Waals surface area contributed by atoms with Gasteiger partial charge in [0.05, 0.1) is 12.2 Å². The van der Waals surface area contributed by atoms with Crippen molar-refractivity contribution in [1.82, 2.24) is 4.57 Å². The second-order valence-electron chi connectivity index (χ2n) is 9.50. The average molecular weight is 489 g/mol. The molecule has 37 heavy (non-hydrogen) atoms. The summed E-state index contributed by atoms with van der Waals surface area (Å²) in [6, 6.07) is 31.0. The molecule has 0 saturated heterocycles. The molecule has 0 aliphatic rings. The van der Waals surface area contributed by atoms with Crippen molar-refractivity contribution < 1.29 is 14.0 Å². The van der Waals surface area contributed by atoms with Crippen molar-refractivity contribution in [2.45, 2.75) is 40.5 Å². The quantitative estimate of drug-likeness (QED) is 0.171. The largest absolute Gasteiger partial charge is 0.489 e. The van der Waals surface area contributed by atoms with E-state index in [0.29, 0.717) is 19.8 Å². The van der Waals surface area contributed by atoms with E-state index >= 15 is 0 Å². The Bertz CT molecular complexity index is 1390. The van der Waals surface area contributed by atoms with Crippen LogP contribution < -0.4 is 14.0 Å². The van der Waals surface area contributed by atoms with Gasteiger partial charge in [-0.1, -0.05) is 78.4 Å². The van der Waals surface area contributed by atoms with Gasteiger partial charge in [-0.2, -0.15) is 0 Å². The van der Waals surface area contributed by atoms with E-state index in [-0.39, 0.29) is 0 Å². The molecule has 0 N–H and O–H groups in total. The molecule has 4 nitrogen and oxygen atoms in total. The Kier molecular flexibility index (Phi) is 7.36. The van der Waals surface area contributed by atoms with Gasteiger partial charge in [0.2, 0.25) is 6.33 Å². The standard InChI is InChI=1S/C33H32N2O2/c1-25-16-26(2)33(27(3)17-25)35-15-14-34(24-35)21-30-18-31(36-22-28-10-6-4-7-11-28)20-32(19-30)37-23-29-12-8-5-9-13-29/h4-20H,21-23H2,1-3H3. The van der Waals surface area contributed by atoms with Crippen molar-refractivity contribution in [3.8, 4) is 17.2 Å². The first kappa shape index (κ1) is 24.4. The van der Waals surface area contributed by atoms with Crippen LogP contribution in [-0.2, 0) is 19.8 Å². The minimum Gasteiger partial charge on any atom is -0.489 e. The molecule has 5 rings (SSSR count). The highest BCUT2D eigenvalue weighted by atomic mass is 16.5. The van der Waals surface area contributed by atoms with Gasteiger partial charge in [0, 0.05) is 18.5 Å². The zero-order valence-electron chi connectivity index (χ0n) is 21.6. The fourth-order valence-corrected chi connectivity index (χ4v) is 4.68. The summed E-state index contributed by atoms with van der Waals surface area (Å²) in [7, 11) is 0. The Labute approximate surface area is 219 Å². The fraction of sp³-hybridized carbons (Fsp3) is 0.182. The molecule has 0 aliphatic heterocycles. The summed E-state index contributed by atoms with van der Waals surface area (Å²) < 4.78 is 16.5.